The zero-order valence-electron chi connectivity index (χ0n) is 11.8. The Hall–Kier alpha value is -0.960. The van der Waals surface area contributed by atoms with Crippen LogP contribution in [0.1, 0.15) is 23.0 Å². The van der Waals surface area contributed by atoms with Crippen molar-refractivity contribution >= 4 is 27.3 Å². The minimum atomic E-state index is -3.71. The fourth-order valence-corrected chi connectivity index (χ4v) is 4.50. The van der Waals surface area contributed by atoms with E-state index in [1.54, 1.807) is 5.38 Å². The predicted octanol–water partition coefficient (Wildman–Crippen LogP) is 1.58. The Kier molecular flexibility index (Phi) is 6.60. The van der Waals surface area contributed by atoms with Crippen LogP contribution in [0.3, 0.4) is 0 Å². The maximum absolute atomic E-state index is 12.6. The summed E-state index contributed by atoms with van der Waals surface area (Å²) in [6, 6.07) is 1.43. The van der Waals surface area contributed by atoms with E-state index in [9.17, 15) is 13.2 Å². The van der Waals surface area contributed by atoms with Crippen LogP contribution in [0.25, 0.3) is 0 Å². The van der Waals surface area contributed by atoms with Gasteiger partial charge in [-0.25, -0.2) is 13.2 Å². The fraction of sp³-hybridized carbons (Fsp3) is 0.583. The van der Waals surface area contributed by atoms with Gasteiger partial charge in [0.15, 0.2) is 0 Å². The van der Waals surface area contributed by atoms with E-state index in [-0.39, 0.29) is 16.3 Å². The van der Waals surface area contributed by atoms with Crippen molar-refractivity contribution in [1.82, 2.24) is 4.31 Å². The molecule has 20 heavy (non-hydrogen) atoms. The molecule has 0 saturated heterocycles. The second kappa shape index (κ2) is 7.72. The largest absolute Gasteiger partial charge is 0.465 e. The zero-order valence-corrected chi connectivity index (χ0v) is 13.4. The van der Waals surface area contributed by atoms with E-state index < -0.39 is 16.0 Å². The van der Waals surface area contributed by atoms with E-state index in [1.807, 2.05) is 6.92 Å². The van der Waals surface area contributed by atoms with Gasteiger partial charge in [0, 0.05) is 20.2 Å². The first-order valence-corrected chi connectivity index (χ1v) is 8.45. The molecule has 0 atom stereocenters. The zero-order chi connectivity index (χ0) is 15.2. The van der Waals surface area contributed by atoms with E-state index in [1.165, 1.54) is 24.6 Å². The molecular weight excluding hydrogens is 302 g/mol. The molecule has 0 aliphatic heterocycles. The van der Waals surface area contributed by atoms with Crippen molar-refractivity contribution in [2.24, 2.45) is 0 Å². The summed E-state index contributed by atoms with van der Waals surface area (Å²) in [6.45, 7) is 2.83. The van der Waals surface area contributed by atoms with E-state index >= 15 is 0 Å². The quantitative estimate of drug-likeness (QED) is 0.680. The number of hydrogen-bond acceptors (Lipinski definition) is 6. The van der Waals surface area contributed by atoms with E-state index in [4.69, 9.17) is 4.74 Å². The first-order chi connectivity index (χ1) is 9.48. The van der Waals surface area contributed by atoms with Crippen LogP contribution in [0, 0.1) is 0 Å². The monoisotopic (exact) mass is 321 g/mol. The van der Waals surface area contributed by atoms with Crippen molar-refractivity contribution in [3.05, 3.63) is 16.3 Å². The van der Waals surface area contributed by atoms with Gasteiger partial charge in [0.05, 0.1) is 13.7 Å². The summed E-state index contributed by atoms with van der Waals surface area (Å²) in [5.41, 5.74) is 0. The van der Waals surface area contributed by atoms with Gasteiger partial charge in [0.2, 0.25) is 10.0 Å². The Morgan fingerprint density at radius 3 is 2.60 bits per heavy atom. The summed E-state index contributed by atoms with van der Waals surface area (Å²) >= 11 is 1.06. The third-order valence-corrected chi connectivity index (χ3v) is 5.60. The van der Waals surface area contributed by atoms with Gasteiger partial charge in [-0.2, -0.15) is 4.31 Å². The average molecular weight is 321 g/mol. The third kappa shape index (κ3) is 3.78. The van der Waals surface area contributed by atoms with Crippen LogP contribution >= 0.6 is 11.3 Å². The molecule has 1 heterocycles. The van der Waals surface area contributed by atoms with Gasteiger partial charge in [-0.05, 0) is 17.9 Å². The molecule has 0 saturated carbocycles. The summed E-state index contributed by atoms with van der Waals surface area (Å²) in [4.78, 5) is 11.7. The number of methoxy groups -OCH3 is 2. The standard InChI is InChI=1S/C12H19NO5S2/c1-4-6-13(7-8-17-2)20(15,16)10-5-9-19-11(10)12(14)18-3/h5,9H,4,6-8H2,1-3H3. The Morgan fingerprint density at radius 1 is 1.35 bits per heavy atom. The molecule has 0 aliphatic carbocycles. The SMILES string of the molecule is CCCN(CCOC)S(=O)(=O)c1ccsc1C(=O)OC. The van der Waals surface area contributed by atoms with Crippen molar-refractivity contribution < 1.29 is 22.7 Å². The topological polar surface area (TPSA) is 72.9 Å². The van der Waals surface area contributed by atoms with Crippen LogP contribution in [0.4, 0.5) is 0 Å². The molecule has 0 aliphatic rings. The van der Waals surface area contributed by atoms with Crippen LogP contribution in [0.2, 0.25) is 0 Å². The van der Waals surface area contributed by atoms with E-state index in [0.29, 0.717) is 19.6 Å². The van der Waals surface area contributed by atoms with E-state index in [0.717, 1.165) is 11.3 Å². The summed E-state index contributed by atoms with van der Waals surface area (Å²) in [5, 5.41) is 1.57. The first kappa shape index (κ1) is 17.1. The van der Waals surface area contributed by atoms with Crippen LogP contribution in [-0.2, 0) is 19.5 Å². The molecule has 114 valence electrons. The molecule has 0 amide bonds. The predicted molar refractivity (Wildman–Crippen MR) is 76.6 cm³/mol. The molecule has 6 nitrogen and oxygen atoms in total. The van der Waals surface area contributed by atoms with Crippen molar-refractivity contribution in [2.45, 2.75) is 18.2 Å². The highest BCUT2D eigenvalue weighted by atomic mass is 32.2. The van der Waals surface area contributed by atoms with Gasteiger partial charge in [-0.1, -0.05) is 6.92 Å². The van der Waals surface area contributed by atoms with Crippen molar-refractivity contribution in [1.29, 1.82) is 0 Å². The molecule has 0 radical (unpaired) electrons. The van der Waals surface area contributed by atoms with Gasteiger partial charge in [-0.3, -0.25) is 0 Å². The molecule has 8 heteroatoms. The Labute approximate surface area is 123 Å². The van der Waals surface area contributed by atoms with Crippen LogP contribution in [-0.4, -0.2) is 52.6 Å². The normalized spacial score (nSPS) is 11.8. The minimum Gasteiger partial charge on any atom is -0.465 e. The second-order valence-corrected chi connectivity index (χ2v) is 6.82. The van der Waals surface area contributed by atoms with Gasteiger partial charge in [0.25, 0.3) is 0 Å². The minimum absolute atomic E-state index is 0.00102. The number of nitrogens with zero attached hydrogens (tertiary/aromatic N) is 1. The van der Waals surface area contributed by atoms with Crippen molar-refractivity contribution in [2.75, 3.05) is 33.9 Å². The Morgan fingerprint density at radius 2 is 2.05 bits per heavy atom. The number of thiophene rings is 1. The number of carbonyl (C=O) groups excluding carboxylic acids is 1. The molecule has 0 spiro atoms. The fourth-order valence-electron chi connectivity index (χ4n) is 1.68. The lowest BCUT2D eigenvalue weighted by molar-refractivity contribution is 0.0602. The van der Waals surface area contributed by atoms with Gasteiger partial charge in [-0.15, -0.1) is 11.3 Å². The van der Waals surface area contributed by atoms with Gasteiger partial charge >= 0.3 is 5.97 Å². The van der Waals surface area contributed by atoms with Crippen molar-refractivity contribution in [3.8, 4) is 0 Å². The van der Waals surface area contributed by atoms with E-state index in [2.05, 4.69) is 4.74 Å². The lowest BCUT2D eigenvalue weighted by atomic mass is 10.5. The smallest absolute Gasteiger partial charge is 0.349 e. The summed E-state index contributed by atoms with van der Waals surface area (Å²) < 4.78 is 36.1. The molecule has 1 rings (SSSR count). The molecular formula is C12H19NO5S2. The molecule has 1 aromatic rings. The number of esters is 1. The Balaban J connectivity index is 3.13. The Bertz CT molecular complexity index is 538. The summed E-state index contributed by atoms with van der Waals surface area (Å²) in [6.07, 6.45) is 0.681. The lowest BCUT2D eigenvalue weighted by Crippen LogP contribution is -2.35. The van der Waals surface area contributed by atoms with Gasteiger partial charge < -0.3 is 9.47 Å². The number of hydrogen-bond donors (Lipinski definition) is 0. The molecule has 0 aromatic carbocycles. The second-order valence-electron chi connectivity index (χ2n) is 4.00. The lowest BCUT2D eigenvalue weighted by Gasteiger charge is -2.21. The average Bonchev–Trinajstić information content (AvgIpc) is 2.92. The molecule has 0 fully saturated rings. The first-order valence-electron chi connectivity index (χ1n) is 6.13. The number of sulfonamides is 1. The highest BCUT2D eigenvalue weighted by Gasteiger charge is 2.29. The number of rotatable bonds is 8. The highest BCUT2D eigenvalue weighted by molar-refractivity contribution is 7.89. The molecule has 1 aromatic heterocycles. The van der Waals surface area contributed by atoms with Crippen molar-refractivity contribution in [3.63, 3.8) is 0 Å². The maximum Gasteiger partial charge on any atom is 0.349 e. The van der Waals surface area contributed by atoms with Gasteiger partial charge in [0.1, 0.15) is 9.77 Å². The number of carbonyl (C=O) groups is 1. The highest BCUT2D eigenvalue weighted by Crippen LogP contribution is 2.26. The van der Waals surface area contributed by atoms with Crippen LogP contribution in [0.5, 0.6) is 0 Å². The summed E-state index contributed by atoms with van der Waals surface area (Å²) in [7, 11) is -0.971. The third-order valence-electron chi connectivity index (χ3n) is 2.64. The van der Waals surface area contributed by atoms with Crippen LogP contribution < -0.4 is 0 Å². The maximum atomic E-state index is 12.6. The number of ether oxygens (including phenoxy) is 2. The molecule has 0 N–H and O–H groups in total. The van der Waals surface area contributed by atoms with Crippen LogP contribution in [0.15, 0.2) is 16.3 Å². The molecule has 0 bridgehead atoms. The summed E-state index contributed by atoms with van der Waals surface area (Å²) in [5.74, 6) is -0.637. The molecule has 0 unspecified atom stereocenters.